The van der Waals surface area contributed by atoms with Gasteiger partial charge in [-0.2, -0.15) is 0 Å². The molecule has 0 fully saturated rings. The first-order chi connectivity index (χ1) is 15.0. The van der Waals surface area contributed by atoms with Gasteiger partial charge in [0.25, 0.3) is 10.0 Å². The zero-order chi connectivity index (χ0) is 22.3. The van der Waals surface area contributed by atoms with Crippen molar-refractivity contribution in [1.82, 2.24) is 10.2 Å². The summed E-state index contributed by atoms with van der Waals surface area (Å²) in [6.45, 7) is 8.35. The van der Waals surface area contributed by atoms with Crippen molar-refractivity contribution in [3.8, 4) is 0 Å². The summed E-state index contributed by atoms with van der Waals surface area (Å²) in [5.41, 5.74) is 2.58. The summed E-state index contributed by atoms with van der Waals surface area (Å²) in [6, 6.07) is 14.2. The molecule has 0 radical (unpaired) electrons. The van der Waals surface area contributed by atoms with Crippen LogP contribution < -0.4 is 9.62 Å². The molecule has 6 nitrogen and oxygen atoms in total. The van der Waals surface area contributed by atoms with Crippen LogP contribution in [-0.4, -0.2) is 51.9 Å². The summed E-state index contributed by atoms with van der Waals surface area (Å²) in [4.78, 5) is 14.6. The first-order valence-electron chi connectivity index (χ1n) is 10.8. The van der Waals surface area contributed by atoms with E-state index in [0.717, 1.165) is 49.3 Å². The molecule has 3 rings (SSSR count). The number of hydrogen-bond acceptors (Lipinski definition) is 4. The highest BCUT2D eigenvalue weighted by Gasteiger charge is 2.30. The summed E-state index contributed by atoms with van der Waals surface area (Å²) >= 11 is 0. The van der Waals surface area contributed by atoms with Gasteiger partial charge in [0.2, 0.25) is 5.91 Å². The van der Waals surface area contributed by atoms with Crippen LogP contribution in [0.4, 0.5) is 5.69 Å². The number of carbonyl (C=O) groups excluding carboxylic acids is 1. The minimum absolute atomic E-state index is 0.148. The monoisotopic (exact) mass is 441 g/mol. The molecule has 0 bridgehead atoms. The van der Waals surface area contributed by atoms with Gasteiger partial charge >= 0.3 is 0 Å². The van der Waals surface area contributed by atoms with Gasteiger partial charge < -0.3 is 10.2 Å². The summed E-state index contributed by atoms with van der Waals surface area (Å²) < 4.78 is 27.6. The van der Waals surface area contributed by atoms with E-state index in [1.807, 2.05) is 24.3 Å². The predicted octanol–water partition coefficient (Wildman–Crippen LogP) is 3.30. The van der Waals surface area contributed by atoms with Crippen LogP contribution in [0.1, 0.15) is 31.4 Å². The lowest BCUT2D eigenvalue weighted by molar-refractivity contribution is -0.116. The molecule has 166 valence electrons. The fourth-order valence-corrected chi connectivity index (χ4v) is 5.22. The van der Waals surface area contributed by atoms with Gasteiger partial charge in [0.1, 0.15) is 0 Å². The smallest absolute Gasteiger partial charge is 0.264 e. The number of para-hydroxylation sites is 1. The van der Waals surface area contributed by atoms with Crippen molar-refractivity contribution in [2.24, 2.45) is 0 Å². The number of fused-ring (bicyclic) bond motifs is 1. The van der Waals surface area contributed by atoms with Crippen LogP contribution in [0.3, 0.4) is 0 Å². The number of nitrogens with zero attached hydrogens (tertiary/aromatic N) is 2. The highest BCUT2D eigenvalue weighted by atomic mass is 32.2. The normalized spacial score (nSPS) is 13.7. The van der Waals surface area contributed by atoms with Crippen LogP contribution in [0.15, 0.2) is 59.5 Å². The number of anilines is 1. The van der Waals surface area contributed by atoms with Crippen LogP contribution >= 0.6 is 0 Å². The largest absolute Gasteiger partial charge is 0.353 e. The minimum Gasteiger partial charge on any atom is -0.353 e. The minimum atomic E-state index is -3.60. The maximum absolute atomic E-state index is 13.1. The molecule has 0 saturated heterocycles. The average molecular weight is 442 g/mol. The molecule has 7 heteroatoms. The van der Waals surface area contributed by atoms with Crippen molar-refractivity contribution in [2.75, 3.05) is 37.0 Å². The summed E-state index contributed by atoms with van der Waals surface area (Å²) in [6.07, 6.45) is 4.81. The molecule has 31 heavy (non-hydrogen) atoms. The third-order valence-corrected chi connectivity index (χ3v) is 7.41. The van der Waals surface area contributed by atoms with E-state index < -0.39 is 10.0 Å². The Bertz CT molecular complexity index is 1010. The maximum Gasteiger partial charge on any atom is 0.264 e. The molecule has 1 amide bonds. The lowest BCUT2D eigenvalue weighted by Crippen LogP contribution is -2.29. The van der Waals surface area contributed by atoms with E-state index >= 15 is 0 Å². The van der Waals surface area contributed by atoms with E-state index in [1.165, 1.54) is 10.4 Å². The van der Waals surface area contributed by atoms with Crippen molar-refractivity contribution >= 4 is 27.7 Å². The molecule has 0 aliphatic carbocycles. The van der Waals surface area contributed by atoms with Gasteiger partial charge in [0.05, 0.1) is 10.6 Å². The Morgan fingerprint density at radius 3 is 2.52 bits per heavy atom. The van der Waals surface area contributed by atoms with Gasteiger partial charge in [0, 0.05) is 19.2 Å². The molecule has 0 atom stereocenters. The number of hydrogen-bond donors (Lipinski definition) is 1. The van der Waals surface area contributed by atoms with Crippen molar-refractivity contribution in [1.29, 1.82) is 0 Å². The topological polar surface area (TPSA) is 69.7 Å². The van der Waals surface area contributed by atoms with Crippen LogP contribution in [0, 0.1) is 0 Å². The van der Waals surface area contributed by atoms with E-state index in [-0.39, 0.29) is 10.8 Å². The Labute approximate surface area is 185 Å². The Morgan fingerprint density at radius 2 is 1.81 bits per heavy atom. The molecule has 1 aliphatic rings. The van der Waals surface area contributed by atoms with E-state index in [0.29, 0.717) is 13.1 Å². The molecule has 2 aromatic rings. The highest BCUT2D eigenvalue weighted by Crippen LogP contribution is 2.32. The van der Waals surface area contributed by atoms with Crippen molar-refractivity contribution in [3.05, 3.63) is 65.7 Å². The van der Waals surface area contributed by atoms with Crippen molar-refractivity contribution < 1.29 is 13.2 Å². The third kappa shape index (κ3) is 5.74. The van der Waals surface area contributed by atoms with Gasteiger partial charge in [-0.15, -0.1) is 0 Å². The van der Waals surface area contributed by atoms with Gasteiger partial charge in [-0.3, -0.25) is 9.10 Å². The van der Waals surface area contributed by atoms with E-state index in [1.54, 1.807) is 30.3 Å². The van der Waals surface area contributed by atoms with Gasteiger partial charge in [0.15, 0.2) is 0 Å². The first kappa shape index (κ1) is 23.0. The number of amides is 1. The number of sulfonamides is 1. The van der Waals surface area contributed by atoms with Crippen LogP contribution in [0.25, 0.3) is 6.08 Å². The summed E-state index contributed by atoms with van der Waals surface area (Å²) in [5, 5.41) is 2.88. The Balaban J connectivity index is 1.56. The number of benzene rings is 2. The number of carbonyl (C=O) groups is 1. The van der Waals surface area contributed by atoms with Gasteiger partial charge in [-0.1, -0.05) is 44.2 Å². The van der Waals surface area contributed by atoms with Gasteiger partial charge in [-0.25, -0.2) is 8.42 Å². The summed E-state index contributed by atoms with van der Waals surface area (Å²) in [5.74, 6) is -0.148. The number of nitrogens with one attached hydrogen (secondary N) is 1. The fraction of sp³-hybridized carbons (Fsp3) is 0.375. The Morgan fingerprint density at radius 1 is 1.10 bits per heavy atom. The molecule has 0 unspecified atom stereocenters. The molecule has 0 saturated carbocycles. The molecule has 2 aromatic carbocycles. The molecule has 1 N–H and O–H groups in total. The molecular weight excluding hydrogens is 410 g/mol. The molecule has 1 heterocycles. The van der Waals surface area contributed by atoms with Crippen LogP contribution in [0.5, 0.6) is 0 Å². The second-order valence-corrected chi connectivity index (χ2v) is 9.39. The molecule has 0 spiro atoms. The Kier molecular flexibility index (Phi) is 7.87. The number of rotatable bonds is 10. The van der Waals surface area contributed by atoms with E-state index in [2.05, 4.69) is 24.1 Å². The van der Waals surface area contributed by atoms with Gasteiger partial charge in [-0.05, 0) is 67.9 Å². The second kappa shape index (κ2) is 10.6. The van der Waals surface area contributed by atoms with Crippen molar-refractivity contribution in [3.63, 3.8) is 0 Å². The van der Waals surface area contributed by atoms with Crippen molar-refractivity contribution in [2.45, 2.75) is 31.6 Å². The zero-order valence-corrected chi connectivity index (χ0v) is 19.1. The fourth-order valence-electron chi connectivity index (χ4n) is 3.72. The maximum atomic E-state index is 13.1. The van der Waals surface area contributed by atoms with E-state index in [9.17, 15) is 13.2 Å². The average Bonchev–Trinajstić information content (AvgIpc) is 3.23. The quantitative estimate of drug-likeness (QED) is 0.454. The summed E-state index contributed by atoms with van der Waals surface area (Å²) in [7, 11) is -3.60. The lowest BCUT2D eigenvalue weighted by Gasteiger charge is -2.19. The lowest BCUT2D eigenvalue weighted by atomic mass is 10.2. The van der Waals surface area contributed by atoms with Crippen LogP contribution in [0.2, 0.25) is 0 Å². The van der Waals surface area contributed by atoms with Crippen LogP contribution in [-0.2, 0) is 21.2 Å². The third-order valence-electron chi connectivity index (χ3n) is 5.58. The zero-order valence-electron chi connectivity index (χ0n) is 18.3. The first-order valence-corrected chi connectivity index (χ1v) is 12.3. The van der Waals surface area contributed by atoms with E-state index in [4.69, 9.17) is 0 Å². The predicted molar refractivity (Wildman–Crippen MR) is 126 cm³/mol. The molecule has 1 aliphatic heterocycles. The second-order valence-electron chi connectivity index (χ2n) is 7.53. The molecular formula is C24H31N3O3S. The SMILES string of the molecule is CCN(CC)CCCNC(=O)/C=C/c1ccc(S(=O)(=O)N2CCc3ccccc32)cc1. The Hall–Kier alpha value is -2.64. The highest BCUT2D eigenvalue weighted by molar-refractivity contribution is 7.92. The molecule has 0 aromatic heterocycles. The standard InChI is InChI=1S/C24H31N3O3S/c1-3-26(4-2)18-7-17-25-24(28)15-12-20-10-13-22(14-11-20)31(29,30)27-19-16-21-8-5-6-9-23(21)27/h5-6,8-15H,3-4,7,16-19H2,1-2H3,(H,25,28)/b15-12+.